The highest BCUT2D eigenvalue weighted by Gasteiger charge is 1.97. The Morgan fingerprint density at radius 3 is 0.923 bits per heavy atom. The van der Waals surface area contributed by atoms with Crippen molar-refractivity contribution in [3.8, 4) is 0 Å². The van der Waals surface area contributed by atoms with Gasteiger partial charge in [-0.25, -0.2) is 0 Å². The monoisotopic (exact) mass is 555 g/mol. The summed E-state index contributed by atoms with van der Waals surface area (Å²) in [5.41, 5.74) is 10.6. The number of unbranched alkanes of at least 4 members (excludes halogenated alkanes) is 20. The molecule has 0 aromatic rings. The van der Waals surface area contributed by atoms with Gasteiger partial charge in [-0.05, 0) is 19.4 Å². The third-order valence-corrected chi connectivity index (χ3v) is 7.53. The maximum atomic E-state index is 10.7. The zero-order valence-electron chi connectivity index (χ0n) is 26.0. The Bertz CT molecular complexity index is 466. The Morgan fingerprint density at radius 1 is 0.359 bits per heavy atom. The largest absolute Gasteiger partial charge is 0.370 e. The van der Waals surface area contributed by atoms with Crippen molar-refractivity contribution in [1.29, 1.82) is 0 Å². The lowest BCUT2D eigenvalue weighted by Gasteiger charge is -2.08. The molecular weight excluding hydrogens is 484 g/mol. The molecular formula is C32H70N6O. The van der Waals surface area contributed by atoms with Gasteiger partial charge in [0.25, 0.3) is 0 Å². The molecule has 39 heavy (non-hydrogen) atoms. The molecule has 234 valence electrons. The first-order chi connectivity index (χ1) is 19.3. The van der Waals surface area contributed by atoms with E-state index in [1.54, 1.807) is 0 Å². The van der Waals surface area contributed by atoms with E-state index in [0.29, 0.717) is 13.0 Å². The van der Waals surface area contributed by atoms with Crippen LogP contribution in [0.2, 0.25) is 0 Å². The van der Waals surface area contributed by atoms with Crippen LogP contribution in [0.4, 0.5) is 0 Å². The van der Waals surface area contributed by atoms with Gasteiger partial charge in [-0.3, -0.25) is 4.79 Å². The van der Waals surface area contributed by atoms with Crippen LogP contribution < -0.4 is 32.7 Å². The molecule has 0 aliphatic heterocycles. The first kappa shape index (κ1) is 38.3. The highest BCUT2D eigenvalue weighted by atomic mass is 16.1. The predicted octanol–water partition coefficient (Wildman–Crippen LogP) is 5.37. The standard InChI is InChI=1S/C32H70N6O/c33-23-25-36-27-29-38-31-30-37-28-26-35-24-21-19-17-15-13-11-9-7-5-3-1-2-4-6-8-10-12-14-16-18-20-22-32(34)39/h35-38H,1-31,33H2,(H2,34,39). The van der Waals surface area contributed by atoms with E-state index in [-0.39, 0.29) is 5.91 Å². The lowest BCUT2D eigenvalue weighted by atomic mass is 10.0. The van der Waals surface area contributed by atoms with Crippen molar-refractivity contribution in [1.82, 2.24) is 21.3 Å². The predicted molar refractivity (Wildman–Crippen MR) is 171 cm³/mol. The molecule has 0 unspecified atom stereocenters. The van der Waals surface area contributed by atoms with E-state index in [4.69, 9.17) is 11.5 Å². The molecule has 7 heteroatoms. The van der Waals surface area contributed by atoms with Gasteiger partial charge in [-0.2, -0.15) is 0 Å². The molecule has 0 saturated carbocycles. The molecule has 1 amide bonds. The average Bonchev–Trinajstić information content (AvgIpc) is 2.93. The quantitative estimate of drug-likeness (QED) is 0.0587. The summed E-state index contributed by atoms with van der Waals surface area (Å²) in [5, 5.41) is 13.7. The van der Waals surface area contributed by atoms with Gasteiger partial charge in [0, 0.05) is 58.8 Å². The minimum absolute atomic E-state index is 0.154. The average molecular weight is 555 g/mol. The van der Waals surface area contributed by atoms with Gasteiger partial charge in [-0.1, -0.05) is 122 Å². The molecule has 0 saturated heterocycles. The van der Waals surface area contributed by atoms with E-state index >= 15 is 0 Å². The zero-order chi connectivity index (χ0) is 28.3. The van der Waals surface area contributed by atoms with Crippen molar-refractivity contribution < 1.29 is 4.79 Å². The van der Waals surface area contributed by atoms with Crippen LogP contribution in [0.1, 0.15) is 141 Å². The summed E-state index contributed by atoms with van der Waals surface area (Å²) < 4.78 is 0. The molecule has 0 aromatic heterocycles. The van der Waals surface area contributed by atoms with E-state index in [0.717, 1.165) is 65.2 Å². The number of hydrogen-bond donors (Lipinski definition) is 6. The summed E-state index contributed by atoms with van der Waals surface area (Å²) in [4.78, 5) is 10.7. The van der Waals surface area contributed by atoms with Crippen molar-refractivity contribution in [2.24, 2.45) is 11.5 Å². The van der Waals surface area contributed by atoms with E-state index in [1.165, 1.54) is 122 Å². The number of carbonyl (C=O) groups excluding carboxylic acids is 1. The fraction of sp³-hybridized carbons (Fsp3) is 0.969. The fourth-order valence-corrected chi connectivity index (χ4v) is 5.04. The lowest BCUT2D eigenvalue weighted by Crippen LogP contribution is -2.36. The normalized spacial score (nSPS) is 11.4. The first-order valence-electron chi connectivity index (χ1n) is 17.1. The third kappa shape index (κ3) is 37.3. The number of hydrogen-bond acceptors (Lipinski definition) is 6. The van der Waals surface area contributed by atoms with Gasteiger partial charge in [0.05, 0.1) is 0 Å². The Kier molecular flexibility index (Phi) is 34.6. The van der Waals surface area contributed by atoms with Crippen LogP contribution in [-0.2, 0) is 4.79 Å². The maximum Gasteiger partial charge on any atom is 0.217 e. The maximum absolute atomic E-state index is 10.7. The molecule has 0 radical (unpaired) electrons. The van der Waals surface area contributed by atoms with Crippen LogP contribution >= 0.6 is 0 Å². The molecule has 0 fully saturated rings. The molecule has 0 atom stereocenters. The summed E-state index contributed by atoms with van der Waals surface area (Å²) in [6.45, 7) is 8.95. The fourth-order valence-electron chi connectivity index (χ4n) is 5.04. The van der Waals surface area contributed by atoms with Crippen molar-refractivity contribution in [3.63, 3.8) is 0 Å². The lowest BCUT2D eigenvalue weighted by molar-refractivity contribution is -0.118. The minimum Gasteiger partial charge on any atom is -0.370 e. The molecule has 0 aliphatic carbocycles. The minimum atomic E-state index is -0.154. The van der Waals surface area contributed by atoms with E-state index in [9.17, 15) is 4.79 Å². The molecule has 0 rings (SSSR count). The number of nitrogens with one attached hydrogen (secondary N) is 4. The number of primary amides is 1. The SMILES string of the molecule is NCCNCCNCCNCCNCCCCCCCCCCCCCCCCCCCCCCCC(N)=O. The molecule has 8 N–H and O–H groups in total. The summed E-state index contributed by atoms with van der Waals surface area (Å²) in [5.74, 6) is -0.154. The molecule has 0 heterocycles. The van der Waals surface area contributed by atoms with Gasteiger partial charge in [0.2, 0.25) is 5.91 Å². The van der Waals surface area contributed by atoms with Crippen LogP contribution in [0.25, 0.3) is 0 Å². The van der Waals surface area contributed by atoms with Crippen LogP contribution in [-0.4, -0.2) is 64.8 Å². The van der Waals surface area contributed by atoms with Gasteiger partial charge in [0.15, 0.2) is 0 Å². The highest BCUT2D eigenvalue weighted by Crippen LogP contribution is 2.15. The molecule has 0 bridgehead atoms. The summed E-state index contributed by atoms with van der Waals surface area (Å²) in [6, 6.07) is 0. The van der Waals surface area contributed by atoms with Crippen molar-refractivity contribution in [3.05, 3.63) is 0 Å². The van der Waals surface area contributed by atoms with Crippen LogP contribution in [0.5, 0.6) is 0 Å². The summed E-state index contributed by atoms with van der Waals surface area (Å²) in [7, 11) is 0. The van der Waals surface area contributed by atoms with Crippen LogP contribution in [0.15, 0.2) is 0 Å². The molecule has 7 nitrogen and oxygen atoms in total. The van der Waals surface area contributed by atoms with Gasteiger partial charge < -0.3 is 32.7 Å². The summed E-state index contributed by atoms with van der Waals surface area (Å²) >= 11 is 0. The van der Waals surface area contributed by atoms with Gasteiger partial charge >= 0.3 is 0 Å². The molecule has 0 aromatic carbocycles. The third-order valence-electron chi connectivity index (χ3n) is 7.53. The Labute approximate surface area is 243 Å². The summed E-state index contributed by atoms with van der Waals surface area (Å²) in [6.07, 6.45) is 29.3. The van der Waals surface area contributed by atoms with E-state index < -0.39 is 0 Å². The Hall–Kier alpha value is -0.730. The first-order valence-corrected chi connectivity index (χ1v) is 17.1. The second-order valence-corrected chi connectivity index (χ2v) is 11.4. The van der Waals surface area contributed by atoms with E-state index in [2.05, 4.69) is 21.3 Å². The molecule has 0 spiro atoms. The number of carbonyl (C=O) groups is 1. The number of rotatable bonds is 35. The van der Waals surface area contributed by atoms with Crippen molar-refractivity contribution in [2.45, 2.75) is 141 Å². The smallest absolute Gasteiger partial charge is 0.217 e. The second kappa shape index (κ2) is 35.3. The van der Waals surface area contributed by atoms with Gasteiger partial charge in [-0.15, -0.1) is 0 Å². The van der Waals surface area contributed by atoms with Crippen molar-refractivity contribution >= 4 is 5.91 Å². The van der Waals surface area contributed by atoms with Gasteiger partial charge in [0.1, 0.15) is 0 Å². The number of amides is 1. The van der Waals surface area contributed by atoms with Crippen LogP contribution in [0.3, 0.4) is 0 Å². The topological polar surface area (TPSA) is 117 Å². The zero-order valence-corrected chi connectivity index (χ0v) is 26.0. The number of nitrogens with two attached hydrogens (primary N) is 2. The van der Waals surface area contributed by atoms with Crippen molar-refractivity contribution in [2.75, 3.05) is 58.9 Å². The molecule has 0 aliphatic rings. The highest BCUT2D eigenvalue weighted by molar-refractivity contribution is 5.73. The van der Waals surface area contributed by atoms with Crippen LogP contribution in [0, 0.1) is 0 Å². The Morgan fingerprint density at radius 2 is 0.615 bits per heavy atom. The Balaban J connectivity index is 3.02. The second-order valence-electron chi connectivity index (χ2n) is 11.4. The van der Waals surface area contributed by atoms with E-state index in [1.807, 2.05) is 0 Å².